The van der Waals surface area contributed by atoms with Crippen molar-refractivity contribution in [1.82, 2.24) is 10.2 Å². The van der Waals surface area contributed by atoms with Crippen LogP contribution in [0, 0.1) is 11.6 Å². The number of hydrogen-bond acceptors (Lipinski definition) is 5. The fraction of sp³-hybridized carbons (Fsp3) is 0.357. The number of hydrogen-bond donors (Lipinski definition) is 1. The van der Waals surface area contributed by atoms with E-state index < -0.39 is 22.8 Å². The summed E-state index contributed by atoms with van der Waals surface area (Å²) in [6.07, 6.45) is 2.09. The van der Waals surface area contributed by atoms with Crippen LogP contribution in [-0.4, -0.2) is 21.4 Å². The Morgan fingerprint density at radius 3 is 2.91 bits per heavy atom. The lowest BCUT2D eigenvalue weighted by Crippen LogP contribution is -2.23. The molecule has 2 aromatic rings. The molecule has 0 saturated heterocycles. The van der Waals surface area contributed by atoms with Crippen LogP contribution in [0.15, 0.2) is 27.8 Å². The molecule has 0 bridgehead atoms. The highest BCUT2D eigenvalue weighted by Gasteiger charge is 2.30. The molecular weight excluding hydrogens is 312 g/mol. The van der Waals surface area contributed by atoms with Crippen LogP contribution in [0.4, 0.5) is 14.5 Å². The minimum Gasteiger partial charge on any atom is -0.416 e. The topological polar surface area (TPSA) is 68.0 Å². The average Bonchev–Trinajstić information content (AvgIpc) is 3.23. The summed E-state index contributed by atoms with van der Waals surface area (Å²) in [7, 11) is 0. The van der Waals surface area contributed by atoms with E-state index in [0.717, 1.165) is 42.8 Å². The Hall–Kier alpha value is -1.96. The average molecular weight is 325 g/mol. The number of nitrogens with one attached hydrogen (secondary N) is 1. The quantitative estimate of drug-likeness (QED) is 0.854. The molecule has 1 N–H and O–H groups in total. The smallest absolute Gasteiger partial charge is 0.277 e. The van der Waals surface area contributed by atoms with Crippen LogP contribution in [0.1, 0.15) is 31.6 Å². The number of benzene rings is 1. The van der Waals surface area contributed by atoms with Gasteiger partial charge in [0.25, 0.3) is 5.22 Å². The van der Waals surface area contributed by atoms with Gasteiger partial charge in [-0.05, 0) is 31.9 Å². The molecule has 1 fully saturated rings. The number of carbonyl (C=O) groups excluding carboxylic acids is 1. The van der Waals surface area contributed by atoms with E-state index in [-0.39, 0.29) is 5.69 Å². The summed E-state index contributed by atoms with van der Waals surface area (Å²) in [4.78, 5) is 12.0. The molecule has 1 heterocycles. The van der Waals surface area contributed by atoms with Crippen LogP contribution in [0.5, 0.6) is 0 Å². The molecule has 1 aromatic carbocycles. The number of nitrogens with zero attached hydrogens (tertiary/aromatic N) is 2. The normalized spacial score (nSPS) is 15.6. The predicted octanol–water partition coefficient (Wildman–Crippen LogP) is 3.34. The molecule has 5 nitrogen and oxygen atoms in total. The molecule has 0 radical (unpaired) electrons. The van der Waals surface area contributed by atoms with Crippen LogP contribution >= 0.6 is 11.8 Å². The van der Waals surface area contributed by atoms with Gasteiger partial charge < -0.3 is 9.73 Å². The van der Waals surface area contributed by atoms with Crippen molar-refractivity contribution < 1.29 is 18.0 Å². The second-order valence-corrected chi connectivity index (χ2v) is 6.35. The van der Waals surface area contributed by atoms with E-state index >= 15 is 0 Å². The first-order chi connectivity index (χ1) is 10.5. The molecule has 1 atom stereocenters. The van der Waals surface area contributed by atoms with E-state index in [1.807, 2.05) is 0 Å². The molecule has 1 aliphatic carbocycles. The molecule has 1 amide bonds. The van der Waals surface area contributed by atoms with Crippen molar-refractivity contribution in [3.63, 3.8) is 0 Å². The molecule has 116 valence electrons. The van der Waals surface area contributed by atoms with Crippen LogP contribution in [-0.2, 0) is 4.79 Å². The Balaban J connectivity index is 1.62. The SMILES string of the molecule is C[C@@H](Sc1nnc(C2CC2)o1)C(=O)Nc1cc(F)ccc1F. The number of halogens is 2. The third-order valence-corrected chi connectivity index (χ3v) is 4.12. The fourth-order valence-corrected chi connectivity index (χ4v) is 2.49. The van der Waals surface area contributed by atoms with Gasteiger partial charge in [0.15, 0.2) is 0 Å². The molecule has 0 spiro atoms. The second kappa shape index (κ2) is 6.04. The second-order valence-electron chi connectivity index (χ2n) is 5.05. The Bertz CT molecular complexity index is 703. The summed E-state index contributed by atoms with van der Waals surface area (Å²) in [5.74, 6) is -0.858. The Morgan fingerprint density at radius 2 is 2.18 bits per heavy atom. The Labute approximate surface area is 129 Å². The molecule has 1 aliphatic rings. The van der Waals surface area contributed by atoms with E-state index in [4.69, 9.17) is 4.42 Å². The maximum absolute atomic E-state index is 13.5. The number of rotatable bonds is 5. The third kappa shape index (κ3) is 3.44. The van der Waals surface area contributed by atoms with Crippen molar-refractivity contribution in [2.24, 2.45) is 0 Å². The standard InChI is InChI=1S/C14H13F2N3O2S/c1-7(22-14-19-18-13(21-14)8-2-3-8)12(20)17-11-6-9(15)4-5-10(11)16/h4-8H,2-3H2,1H3,(H,17,20)/t7-/m1/s1. The highest BCUT2D eigenvalue weighted by molar-refractivity contribution is 8.00. The van der Waals surface area contributed by atoms with Crippen molar-refractivity contribution in [2.45, 2.75) is 36.2 Å². The van der Waals surface area contributed by atoms with E-state index in [2.05, 4.69) is 15.5 Å². The van der Waals surface area contributed by atoms with E-state index in [1.165, 1.54) is 0 Å². The first kappa shape index (κ1) is 15.0. The Kier molecular flexibility index (Phi) is 4.10. The molecule has 8 heteroatoms. The number of carbonyl (C=O) groups is 1. The molecule has 22 heavy (non-hydrogen) atoms. The molecule has 1 saturated carbocycles. The van der Waals surface area contributed by atoms with E-state index in [0.29, 0.717) is 17.0 Å². The highest BCUT2D eigenvalue weighted by atomic mass is 32.2. The number of thioether (sulfide) groups is 1. The largest absolute Gasteiger partial charge is 0.416 e. The summed E-state index contributed by atoms with van der Waals surface area (Å²) in [6.45, 7) is 1.62. The fourth-order valence-electron chi connectivity index (χ4n) is 1.80. The zero-order valence-corrected chi connectivity index (χ0v) is 12.5. The minimum atomic E-state index is -0.694. The van der Waals surface area contributed by atoms with E-state index in [1.54, 1.807) is 6.92 Å². The number of amides is 1. The number of aromatic nitrogens is 2. The molecule has 0 aliphatic heterocycles. The summed E-state index contributed by atoms with van der Waals surface area (Å²) < 4.78 is 32.0. The van der Waals surface area contributed by atoms with Gasteiger partial charge in [-0.2, -0.15) is 0 Å². The van der Waals surface area contributed by atoms with Crippen LogP contribution < -0.4 is 5.32 Å². The van der Waals surface area contributed by atoms with Gasteiger partial charge in [-0.1, -0.05) is 11.8 Å². The van der Waals surface area contributed by atoms with Gasteiger partial charge in [-0.3, -0.25) is 4.79 Å². The Morgan fingerprint density at radius 1 is 1.41 bits per heavy atom. The molecule has 1 aromatic heterocycles. The predicted molar refractivity (Wildman–Crippen MR) is 76.6 cm³/mol. The maximum atomic E-state index is 13.5. The van der Waals surface area contributed by atoms with Crippen LogP contribution in [0.3, 0.4) is 0 Å². The van der Waals surface area contributed by atoms with E-state index in [9.17, 15) is 13.6 Å². The van der Waals surface area contributed by atoms with Gasteiger partial charge in [0.2, 0.25) is 11.8 Å². The summed E-state index contributed by atoms with van der Waals surface area (Å²) in [6, 6.07) is 2.88. The summed E-state index contributed by atoms with van der Waals surface area (Å²) in [5.41, 5.74) is -0.193. The lowest BCUT2D eigenvalue weighted by Gasteiger charge is -2.10. The third-order valence-electron chi connectivity index (χ3n) is 3.18. The molecular formula is C14H13F2N3O2S. The zero-order chi connectivity index (χ0) is 15.7. The van der Waals surface area contributed by atoms with Crippen LogP contribution in [0.25, 0.3) is 0 Å². The van der Waals surface area contributed by atoms with Crippen LogP contribution in [0.2, 0.25) is 0 Å². The van der Waals surface area contributed by atoms with Gasteiger partial charge >= 0.3 is 0 Å². The maximum Gasteiger partial charge on any atom is 0.277 e. The van der Waals surface area contributed by atoms with Crippen molar-refractivity contribution in [3.05, 3.63) is 35.7 Å². The van der Waals surface area contributed by atoms with Gasteiger partial charge in [-0.25, -0.2) is 8.78 Å². The van der Waals surface area contributed by atoms with Crippen molar-refractivity contribution >= 4 is 23.4 Å². The monoisotopic (exact) mass is 325 g/mol. The van der Waals surface area contributed by atoms with Crippen molar-refractivity contribution in [1.29, 1.82) is 0 Å². The van der Waals surface area contributed by atoms with Gasteiger partial charge in [-0.15, -0.1) is 10.2 Å². The highest BCUT2D eigenvalue weighted by Crippen LogP contribution is 2.40. The van der Waals surface area contributed by atoms with Crippen molar-refractivity contribution in [3.8, 4) is 0 Å². The first-order valence-corrected chi connectivity index (χ1v) is 7.67. The molecule has 0 unspecified atom stereocenters. The van der Waals surface area contributed by atoms with Gasteiger partial charge in [0.05, 0.1) is 10.9 Å². The summed E-state index contributed by atoms with van der Waals surface area (Å²) >= 11 is 1.08. The number of anilines is 1. The lowest BCUT2D eigenvalue weighted by molar-refractivity contribution is -0.115. The zero-order valence-electron chi connectivity index (χ0n) is 11.7. The van der Waals surface area contributed by atoms with Gasteiger partial charge in [0, 0.05) is 12.0 Å². The van der Waals surface area contributed by atoms with Crippen molar-refractivity contribution in [2.75, 3.05) is 5.32 Å². The first-order valence-electron chi connectivity index (χ1n) is 6.79. The minimum absolute atomic E-state index is 0.193. The lowest BCUT2D eigenvalue weighted by atomic mass is 10.3. The summed E-state index contributed by atoms with van der Waals surface area (Å²) in [5, 5.41) is 9.85. The molecule has 3 rings (SSSR count). The van der Waals surface area contributed by atoms with Gasteiger partial charge in [0.1, 0.15) is 11.6 Å².